The number of sulfonamides is 1. The lowest BCUT2D eigenvalue weighted by Gasteiger charge is -2.31. The third kappa shape index (κ3) is 2.34. The monoisotopic (exact) mass is 303 g/mol. The molecule has 19 heavy (non-hydrogen) atoms. The fourth-order valence-corrected chi connectivity index (χ4v) is 5.74. The fourth-order valence-electron chi connectivity index (χ4n) is 2.77. The van der Waals surface area contributed by atoms with Gasteiger partial charge in [-0.15, -0.1) is 11.3 Å². The van der Waals surface area contributed by atoms with Gasteiger partial charge in [0.15, 0.2) is 0 Å². The quantitative estimate of drug-likeness (QED) is 0.908. The van der Waals surface area contributed by atoms with Crippen molar-refractivity contribution in [3.8, 4) is 0 Å². The molecule has 1 aromatic rings. The van der Waals surface area contributed by atoms with Crippen LogP contribution in [0.25, 0.3) is 0 Å². The Hall–Kier alpha value is -0.470. The van der Waals surface area contributed by atoms with Crippen molar-refractivity contribution in [2.24, 2.45) is 0 Å². The van der Waals surface area contributed by atoms with Gasteiger partial charge in [0.25, 0.3) is 0 Å². The van der Waals surface area contributed by atoms with Crippen LogP contribution in [0.4, 0.5) is 0 Å². The Morgan fingerprint density at radius 1 is 1.42 bits per heavy atom. The van der Waals surface area contributed by atoms with E-state index < -0.39 is 10.0 Å². The summed E-state index contributed by atoms with van der Waals surface area (Å²) in [5, 5.41) is 9.13. The molecule has 2 fully saturated rings. The molecule has 1 aromatic heterocycles. The van der Waals surface area contributed by atoms with Gasteiger partial charge in [0, 0.05) is 22.8 Å². The number of rotatable bonds is 3. The molecule has 2 aliphatic rings. The van der Waals surface area contributed by atoms with Crippen LogP contribution in [0.15, 0.2) is 11.0 Å². The van der Waals surface area contributed by atoms with Gasteiger partial charge in [0.1, 0.15) is 0 Å². The molecule has 1 N–H and O–H groups in total. The van der Waals surface area contributed by atoms with Crippen LogP contribution in [0.5, 0.6) is 0 Å². The van der Waals surface area contributed by atoms with Crippen LogP contribution in [0.1, 0.15) is 22.6 Å². The number of fused-ring (bicyclic) bond motifs is 2. The minimum atomic E-state index is -3.46. The third-order valence-corrected chi connectivity index (χ3v) is 6.83. The van der Waals surface area contributed by atoms with Crippen LogP contribution >= 0.6 is 11.3 Å². The van der Waals surface area contributed by atoms with Gasteiger partial charge in [-0.25, -0.2) is 8.42 Å². The summed E-state index contributed by atoms with van der Waals surface area (Å²) >= 11 is 1.34. The lowest BCUT2D eigenvalue weighted by atomic mass is 10.2. The molecule has 3 rings (SSSR count). The summed E-state index contributed by atoms with van der Waals surface area (Å²) in [7, 11) is -3.46. The Morgan fingerprint density at radius 3 is 2.58 bits per heavy atom. The predicted octanol–water partition coefficient (Wildman–Crippen LogP) is 1.10. The summed E-state index contributed by atoms with van der Waals surface area (Å²) in [5.74, 6) is 0. The molecule has 5 nitrogen and oxygen atoms in total. The molecule has 7 heteroatoms. The first-order valence-electron chi connectivity index (χ1n) is 6.36. The number of hydrogen-bond donors (Lipinski definition) is 1. The molecule has 2 atom stereocenters. The lowest BCUT2D eigenvalue weighted by Crippen LogP contribution is -2.45. The molecule has 0 saturated carbocycles. The maximum absolute atomic E-state index is 12.7. The topological polar surface area (TPSA) is 66.8 Å². The van der Waals surface area contributed by atoms with E-state index >= 15 is 0 Å². The van der Waals surface area contributed by atoms with Gasteiger partial charge in [0.2, 0.25) is 10.0 Å². The second-order valence-electron chi connectivity index (χ2n) is 5.07. The van der Waals surface area contributed by atoms with E-state index in [1.165, 1.54) is 15.6 Å². The molecular weight excluding hydrogens is 286 g/mol. The second-order valence-corrected chi connectivity index (χ2v) is 8.32. The Labute approximate surface area is 116 Å². The summed E-state index contributed by atoms with van der Waals surface area (Å²) in [6.45, 7) is 2.56. The number of thiophene rings is 1. The van der Waals surface area contributed by atoms with Crippen LogP contribution in [0.3, 0.4) is 0 Å². The molecule has 2 unspecified atom stereocenters. The van der Waals surface area contributed by atoms with Gasteiger partial charge >= 0.3 is 0 Å². The maximum Gasteiger partial charge on any atom is 0.244 e. The number of aliphatic hydroxyl groups excluding tert-OH is 1. The van der Waals surface area contributed by atoms with Crippen molar-refractivity contribution in [2.45, 2.75) is 43.5 Å². The molecule has 0 spiro atoms. The van der Waals surface area contributed by atoms with Gasteiger partial charge in [-0.3, -0.25) is 0 Å². The van der Waals surface area contributed by atoms with Crippen LogP contribution in [0, 0.1) is 6.92 Å². The summed E-state index contributed by atoms with van der Waals surface area (Å²) in [6, 6.07) is 1.59. The molecule has 0 aliphatic carbocycles. The third-order valence-electron chi connectivity index (χ3n) is 3.71. The molecule has 2 saturated heterocycles. The van der Waals surface area contributed by atoms with Crippen LogP contribution < -0.4 is 0 Å². The number of aryl methyl sites for hydroxylation is 1. The average Bonchev–Trinajstić information content (AvgIpc) is 2.92. The minimum absolute atomic E-state index is 0.0461. The summed E-state index contributed by atoms with van der Waals surface area (Å²) in [6.07, 6.45) is 1.98. The van der Waals surface area contributed by atoms with Gasteiger partial charge in [-0.2, -0.15) is 4.31 Å². The molecule has 3 heterocycles. The van der Waals surface area contributed by atoms with E-state index in [1.807, 2.05) is 0 Å². The van der Waals surface area contributed by atoms with E-state index in [1.54, 1.807) is 13.0 Å². The highest BCUT2D eigenvalue weighted by Crippen LogP contribution is 2.33. The smallest absolute Gasteiger partial charge is 0.244 e. The van der Waals surface area contributed by atoms with Crippen LogP contribution in [-0.4, -0.2) is 43.1 Å². The van der Waals surface area contributed by atoms with Crippen molar-refractivity contribution in [1.82, 2.24) is 4.31 Å². The number of morpholine rings is 1. The Balaban J connectivity index is 1.91. The lowest BCUT2D eigenvalue weighted by molar-refractivity contribution is -0.0114. The Morgan fingerprint density at radius 2 is 2.05 bits per heavy atom. The summed E-state index contributed by atoms with van der Waals surface area (Å²) < 4.78 is 32.5. The summed E-state index contributed by atoms with van der Waals surface area (Å²) in [4.78, 5) is 1.76. The summed E-state index contributed by atoms with van der Waals surface area (Å²) in [5.41, 5.74) is 0. The first-order chi connectivity index (χ1) is 9.00. The van der Waals surface area contributed by atoms with Gasteiger partial charge in [-0.05, 0) is 25.8 Å². The minimum Gasteiger partial charge on any atom is -0.391 e. The van der Waals surface area contributed by atoms with E-state index in [4.69, 9.17) is 9.84 Å². The van der Waals surface area contributed by atoms with Crippen LogP contribution in [-0.2, 0) is 21.4 Å². The van der Waals surface area contributed by atoms with Crippen molar-refractivity contribution in [1.29, 1.82) is 0 Å². The van der Waals surface area contributed by atoms with Gasteiger partial charge in [0.05, 0.1) is 23.7 Å². The normalized spacial score (nSPS) is 27.9. The molecule has 2 bridgehead atoms. The van der Waals surface area contributed by atoms with E-state index in [0.29, 0.717) is 22.9 Å². The van der Waals surface area contributed by atoms with Crippen molar-refractivity contribution >= 4 is 21.4 Å². The molecule has 2 aliphatic heterocycles. The number of hydrogen-bond acceptors (Lipinski definition) is 5. The zero-order valence-corrected chi connectivity index (χ0v) is 12.3. The second kappa shape index (κ2) is 4.82. The number of nitrogens with zero attached hydrogens (tertiary/aromatic N) is 1. The van der Waals surface area contributed by atoms with E-state index in [2.05, 4.69) is 0 Å². The highest BCUT2D eigenvalue weighted by Gasteiger charge is 2.40. The average molecular weight is 303 g/mol. The van der Waals surface area contributed by atoms with Gasteiger partial charge in [-0.1, -0.05) is 0 Å². The molecule has 0 radical (unpaired) electrons. The van der Waals surface area contributed by atoms with Gasteiger partial charge < -0.3 is 9.84 Å². The molecular formula is C12H17NO4S2. The molecule has 106 valence electrons. The van der Waals surface area contributed by atoms with Crippen LogP contribution in [0.2, 0.25) is 0 Å². The Kier molecular flexibility index (Phi) is 3.43. The highest BCUT2D eigenvalue weighted by atomic mass is 32.2. The fraction of sp³-hybridized carbons (Fsp3) is 0.667. The largest absolute Gasteiger partial charge is 0.391 e. The van der Waals surface area contributed by atoms with E-state index in [-0.39, 0.29) is 18.8 Å². The Bertz CT molecular complexity index is 569. The number of aliphatic hydroxyl groups is 1. The standard InChI is InChI=1S/C12H17NO4S2/c1-8-12(4-11(7-14)18-8)19(15,16)13-5-9-2-3-10(6-13)17-9/h4,9-10,14H,2-3,5-7H2,1H3. The SMILES string of the molecule is Cc1sc(CO)cc1S(=O)(=O)N1CC2CCC(C1)O2. The zero-order valence-electron chi connectivity index (χ0n) is 10.7. The van der Waals surface area contributed by atoms with Crippen molar-refractivity contribution in [2.75, 3.05) is 13.1 Å². The first kappa shape index (κ1) is 13.5. The highest BCUT2D eigenvalue weighted by molar-refractivity contribution is 7.89. The maximum atomic E-state index is 12.7. The van der Waals surface area contributed by atoms with E-state index in [9.17, 15) is 8.42 Å². The molecule has 0 amide bonds. The molecule has 0 aromatic carbocycles. The zero-order chi connectivity index (χ0) is 13.6. The van der Waals surface area contributed by atoms with E-state index in [0.717, 1.165) is 17.7 Å². The first-order valence-corrected chi connectivity index (χ1v) is 8.62. The number of ether oxygens (including phenoxy) is 1. The predicted molar refractivity (Wildman–Crippen MR) is 71.6 cm³/mol. The van der Waals surface area contributed by atoms with Crippen molar-refractivity contribution in [3.05, 3.63) is 15.8 Å². The van der Waals surface area contributed by atoms with Crippen molar-refractivity contribution in [3.63, 3.8) is 0 Å². The van der Waals surface area contributed by atoms with Crippen molar-refractivity contribution < 1.29 is 18.3 Å².